The number of hydrogen-bond donors (Lipinski definition) is 0. The summed E-state index contributed by atoms with van der Waals surface area (Å²) >= 11 is 5.99. The third-order valence-electron chi connectivity index (χ3n) is 2.97. The van der Waals surface area contributed by atoms with Crippen LogP contribution in [-0.2, 0) is 14.6 Å². The van der Waals surface area contributed by atoms with E-state index in [9.17, 15) is 13.2 Å². The van der Waals surface area contributed by atoms with Gasteiger partial charge in [0.15, 0.2) is 0 Å². The molecule has 0 saturated heterocycles. The van der Waals surface area contributed by atoms with Gasteiger partial charge in [0.2, 0.25) is 9.84 Å². The smallest absolute Gasteiger partial charge is 0.208 e. The van der Waals surface area contributed by atoms with Gasteiger partial charge in [-0.1, -0.05) is 23.7 Å². The Bertz CT molecular complexity index is 784. The largest absolute Gasteiger partial charge is 0.493 e. The van der Waals surface area contributed by atoms with E-state index in [2.05, 4.69) is 0 Å². The molecular formula is C16H15ClO4S. The summed E-state index contributed by atoms with van der Waals surface area (Å²) in [4.78, 5) is 10.5. The standard InChI is InChI=1S/C16H15ClO4S/c1-12-9-13(21-8-4-7-18)11-14(10-12)22(19,20)16-6-3-2-5-15(16)17/h2-3,5-7,9-11H,4,8H2,1H3. The zero-order valence-corrected chi connectivity index (χ0v) is 13.5. The molecule has 0 aliphatic rings. The fourth-order valence-electron chi connectivity index (χ4n) is 1.97. The van der Waals surface area contributed by atoms with Gasteiger partial charge in [-0.25, -0.2) is 8.42 Å². The Labute approximate surface area is 134 Å². The van der Waals surface area contributed by atoms with E-state index in [1.54, 1.807) is 31.2 Å². The summed E-state index contributed by atoms with van der Waals surface area (Å²) in [7, 11) is -3.73. The molecule has 0 saturated carbocycles. The molecule has 0 heterocycles. The fourth-order valence-corrected chi connectivity index (χ4v) is 3.86. The van der Waals surface area contributed by atoms with Crippen molar-refractivity contribution in [1.82, 2.24) is 0 Å². The number of sulfone groups is 1. The van der Waals surface area contributed by atoms with Gasteiger partial charge in [-0.2, -0.15) is 0 Å². The summed E-state index contributed by atoms with van der Waals surface area (Å²) in [6, 6.07) is 11.0. The highest BCUT2D eigenvalue weighted by Gasteiger charge is 2.21. The van der Waals surface area contributed by atoms with E-state index in [4.69, 9.17) is 16.3 Å². The van der Waals surface area contributed by atoms with Crippen LogP contribution in [-0.4, -0.2) is 21.3 Å². The minimum Gasteiger partial charge on any atom is -0.493 e. The number of aryl methyl sites for hydroxylation is 1. The van der Waals surface area contributed by atoms with Gasteiger partial charge in [0, 0.05) is 6.42 Å². The normalized spacial score (nSPS) is 11.2. The van der Waals surface area contributed by atoms with Crippen LogP contribution >= 0.6 is 11.6 Å². The summed E-state index contributed by atoms with van der Waals surface area (Å²) < 4.78 is 30.8. The van der Waals surface area contributed by atoms with Crippen LogP contribution < -0.4 is 4.74 Å². The quantitative estimate of drug-likeness (QED) is 0.598. The molecule has 0 unspecified atom stereocenters. The van der Waals surface area contributed by atoms with Gasteiger partial charge in [-0.05, 0) is 42.8 Å². The number of hydrogen-bond acceptors (Lipinski definition) is 4. The van der Waals surface area contributed by atoms with E-state index >= 15 is 0 Å². The molecule has 22 heavy (non-hydrogen) atoms. The molecule has 2 aromatic carbocycles. The van der Waals surface area contributed by atoms with Crippen LogP contribution in [0.5, 0.6) is 5.75 Å². The zero-order chi connectivity index (χ0) is 16.2. The van der Waals surface area contributed by atoms with Crippen molar-refractivity contribution >= 4 is 27.7 Å². The number of aldehydes is 1. The van der Waals surface area contributed by atoms with Gasteiger partial charge >= 0.3 is 0 Å². The van der Waals surface area contributed by atoms with E-state index in [-0.39, 0.29) is 27.8 Å². The molecule has 2 rings (SSSR count). The van der Waals surface area contributed by atoms with Crippen molar-refractivity contribution < 1.29 is 17.9 Å². The van der Waals surface area contributed by atoms with Crippen LogP contribution in [0.25, 0.3) is 0 Å². The molecule has 116 valence electrons. The molecule has 0 aromatic heterocycles. The molecule has 0 radical (unpaired) electrons. The highest BCUT2D eigenvalue weighted by molar-refractivity contribution is 7.91. The van der Waals surface area contributed by atoms with Gasteiger partial charge in [-0.3, -0.25) is 0 Å². The molecule has 0 bridgehead atoms. The van der Waals surface area contributed by atoms with Crippen molar-refractivity contribution in [2.24, 2.45) is 0 Å². The molecule has 2 aromatic rings. The number of carbonyl (C=O) groups excluding carboxylic acids is 1. The Morgan fingerprint density at radius 1 is 1.18 bits per heavy atom. The molecule has 0 spiro atoms. The van der Waals surface area contributed by atoms with Crippen LogP contribution in [0.15, 0.2) is 52.3 Å². The number of carbonyl (C=O) groups is 1. The molecule has 0 fully saturated rings. The first kappa shape index (κ1) is 16.5. The van der Waals surface area contributed by atoms with Crippen LogP contribution in [0.4, 0.5) is 0 Å². The highest BCUT2D eigenvalue weighted by Crippen LogP contribution is 2.30. The van der Waals surface area contributed by atoms with Crippen molar-refractivity contribution in [2.45, 2.75) is 23.1 Å². The Balaban J connectivity index is 2.43. The maximum atomic E-state index is 12.7. The van der Waals surface area contributed by atoms with E-state index in [0.29, 0.717) is 5.75 Å². The monoisotopic (exact) mass is 338 g/mol. The summed E-state index contributed by atoms with van der Waals surface area (Å²) in [5.74, 6) is 0.410. The Hall–Kier alpha value is -1.85. The minimum absolute atomic E-state index is 0.0566. The first-order valence-corrected chi connectivity index (χ1v) is 8.49. The number of halogens is 1. The summed E-state index contributed by atoms with van der Waals surface area (Å²) in [6.45, 7) is 1.98. The van der Waals surface area contributed by atoms with Gasteiger partial charge in [0.25, 0.3) is 0 Å². The molecular weight excluding hydrogens is 324 g/mol. The van der Waals surface area contributed by atoms with Gasteiger partial charge in [0.05, 0.1) is 21.4 Å². The molecule has 0 amide bonds. The molecule has 6 heteroatoms. The van der Waals surface area contributed by atoms with E-state index in [1.165, 1.54) is 18.2 Å². The lowest BCUT2D eigenvalue weighted by Gasteiger charge is -2.10. The average Bonchev–Trinajstić information content (AvgIpc) is 2.47. The lowest BCUT2D eigenvalue weighted by Crippen LogP contribution is -2.05. The predicted octanol–water partition coefficient (Wildman–Crippen LogP) is 3.45. The van der Waals surface area contributed by atoms with Gasteiger partial charge in [-0.15, -0.1) is 0 Å². The van der Waals surface area contributed by atoms with Gasteiger partial charge < -0.3 is 9.53 Å². The molecule has 0 N–H and O–H groups in total. The van der Waals surface area contributed by atoms with Gasteiger partial charge in [0.1, 0.15) is 12.0 Å². The van der Waals surface area contributed by atoms with Crippen molar-refractivity contribution in [1.29, 1.82) is 0 Å². The molecule has 0 atom stereocenters. The third kappa shape index (κ3) is 3.67. The van der Waals surface area contributed by atoms with E-state index < -0.39 is 9.84 Å². The third-order valence-corrected chi connectivity index (χ3v) is 5.20. The first-order chi connectivity index (χ1) is 10.4. The van der Waals surface area contributed by atoms with Crippen LogP contribution in [0.2, 0.25) is 5.02 Å². The maximum Gasteiger partial charge on any atom is 0.208 e. The van der Waals surface area contributed by atoms with Crippen LogP contribution in [0.1, 0.15) is 12.0 Å². The first-order valence-electron chi connectivity index (χ1n) is 6.63. The lowest BCUT2D eigenvalue weighted by molar-refractivity contribution is -0.108. The number of rotatable bonds is 6. The molecule has 0 aliphatic heterocycles. The topological polar surface area (TPSA) is 60.4 Å². The summed E-state index contributed by atoms with van der Waals surface area (Å²) in [6.07, 6.45) is 0.998. The summed E-state index contributed by atoms with van der Waals surface area (Å²) in [5.41, 5.74) is 0.745. The second-order valence-electron chi connectivity index (χ2n) is 4.72. The van der Waals surface area contributed by atoms with Crippen molar-refractivity contribution in [3.05, 3.63) is 53.1 Å². The van der Waals surface area contributed by atoms with E-state index in [0.717, 1.165) is 11.8 Å². The minimum atomic E-state index is -3.73. The predicted molar refractivity (Wildman–Crippen MR) is 84.3 cm³/mol. The SMILES string of the molecule is Cc1cc(OCCC=O)cc(S(=O)(=O)c2ccccc2Cl)c1. The Kier molecular flexibility index (Phi) is 5.21. The Morgan fingerprint density at radius 3 is 2.59 bits per heavy atom. The lowest BCUT2D eigenvalue weighted by atomic mass is 10.2. The molecule has 0 aliphatic carbocycles. The average molecular weight is 339 g/mol. The van der Waals surface area contributed by atoms with Crippen molar-refractivity contribution in [2.75, 3.05) is 6.61 Å². The number of benzene rings is 2. The maximum absolute atomic E-state index is 12.7. The Morgan fingerprint density at radius 2 is 1.91 bits per heavy atom. The van der Waals surface area contributed by atoms with Crippen LogP contribution in [0, 0.1) is 6.92 Å². The number of ether oxygens (including phenoxy) is 1. The zero-order valence-electron chi connectivity index (χ0n) is 12.0. The summed E-state index contributed by atoms with van der Waals surface area (Å²) in [5, 5.41) is 0.174. The molecule has 4 nitrogen and oxygen atoms in total. The second kappa shape index (κ2) is 6.94. The van der Waals surface area contributed by atoms with Crippen molar-refractivity contribution in [3.63, 3.8) is 0 Å². The van der Waals surface area contributed by atoms with Crippen molar-refractivity contribution in [3.8, 4) is 5.75 Å². The second-order valence-corrected chi connectivity index (χ2v) is 7.04. The fraction of sp³-hybridized carbons (Fsp3) is 0.188. The highest BCUT2D eigenvalue weighted by atomic mass is 35.5. The van der Waals surface area contributed by atoms with Crippen LogP contribution in [0.3, 0.4) is 0 Å². The van der Waals surface area contributed by atoms with E-state index in [1.807, 2.05) is 0 Å².